The molecule has 0 saturated carbocycles. The second kappa shape index (κ2) is 5.85. The van der Waals surface area contributed by atoms with E-state index in [4.69, 9.17) is 5.73 Å². The molecule has 0 aliphatic heterocycles. The Hall–Kier alpha value is -2.88. The summed E-state index contributed by atoms with van der Waals surface area (Å²) in [6.45, 7) is 5.94. The molecule has 0 bridgehead atoms. The highest BCUT2D eigenvalue weighted by atomic mass is 15.1. The van der Waals surface area contributed by atoms with E-state index in [9.17, 15) is 0 Å². The smallest absolute Gasteiger partial charge is 0.229 e. The molecule has 1 aliphatic carbocycles. The molecular weight excluding hydrogens is 272 g/mol. The third-order valence-electron chi connectivity index (χ3n) is 3.64. The molecule has 0 amide bonds. The van der Waals surface area contributed by atoms with Crippen molar-refractivity contribution in [2.75, 3.05) is 11.1 Å². The summed E-state index contributed by atoms with van der Waals surface area (Å²) in [5, 5.41) is 3.19. The third kappa shape index (κ3) is 2.63. The maximum absolute atomic E-state index is 5.67. The van der Waals surface area contributed by atoms with E-state index in [1.807, 2.05) is 19.1 Å². The molecule has 4 heteroatoms. The molecule has 1 aliphatic rings. The van der Waals surface area contributed by atoms with Crippen LogP contribution in [0.4, 0.5) is 17.5 Å². The number of aromatic nitrogens is 2. The molecule has 3 rings (SSSR count). The van der Waals surface area contributed by atoms with Gasteiger partial charge in [-0.25, -0.2) is 4.98 Å². The first kappa shape index (κ1) is 14.1. The van der Waals surface area contributed by atoms with E-state index in [0.717, 1.165) is 12.1 Å². The summed E-state index contributed by atoms with van der Waals surface area (Å²) >= 11 is 0. The largest absolute Gasteiger partial charge is 0.384 e. The van der Waals surface area contributed by atoms with Gasteiger partial charge in [-0.2, -0.15) is 4.98 Å². The average Bonchev–Trinajstić information content (AvgIpc) is 2.85. The maximum Gasteiger partial charge on any atom is 0.229 e. The van der Waals surface area contributed by atoms with Gasteiger partial charge in [0, 0.05) is 11.9 Å². The molecule has 2 aromatic rings. The first-order chi connectivity index (χ1) is 10.7. The molecular formula is C18H18N4. The minimum Gasteiger partial charge on any atom is -0.384 e. The van der Waals surface area contributed by atoms with E-state index in [1.165, 1.54) is 22.3 Å². The molecule has 1 aromatic heterocycles. The Morgan fingerprint density at radius 3 is 2.91 bits per heavy atom. The van der Waals surface area contributed by atoms with Crippen LogP contribution in [0.15, 0.2) is 60.8 Å². The van der Waals surface area contributed by atoms with E-state index in [1.54, 1.807) is 12.3 Å². The number of rotatable bonds is 4. The quantitative estimate of drug-likeness (QED) is 0.897. The van der Waals surface area contributed by atoms with Gasteiger partial charge in [0.1, 0.15) is 5.82 Å². The van der Waals surface area contributed by atoms with Crippen LogP contribution in [0.25, 0.3) is 5.57 Å². The van der Waals surface area contributed by atoms with Gasteiger partial charge < -0.3 is 11.1 Å². The number of hydrogen-bond acceptors (Lipinski definition) is 4. The maximum atomic E-state index is 5.67. The van der Waals surface area contributed by atoms with Gasteiger partial charge in [-0.05, 0) is 53.8 Å². The van der Waals surface area contributed by atoms with Crippen LogP contribution in [0.3, 0.4) is 0 Å². The summed E-state index contributed by atoms with van der Waals surface area (Å²) in [6.07, 6.45) is 8.66. The van der Waals surface area contributed by atoms with Crippen LogP contribution in [0.5, 0.6) is 0 Å². The highest BCUT2D eigenvalue weighted by Gasteiger charge is 2.18. The number of fused-ring (bicyclic) bond motifs is 1. The molecule has 0 unspecified atom stereocenters. The predicted octanol–water partition coefficient (Wildman–Crippen LogP) is 3.87. The van der Waals surface area contributed by atoms with Crippen molar-refractivity contribution in [3.05, 3.63) is 72.0 Å². The zero-order chi connectivity index (χ0) is 15.5. The minimum absolute atomic E-state index is 0.449. The minimum atomic E-state index is 0.449. The highest BCUT2D eigenvalue weighted by molar-refractivity contribution is 5.85. The lowest BCUT2D eigenvalue weighted by Crippen LogP contribution is -2.00. The summed E-state index contributed by atoms with van der Waals surface area (Å²) < 4.78 is 0. The van der Waals surface area contributed by atoms with E-state index in [-0.39, 0.29) is 0 Å². The molecule has 110 valence electrons. The van der Waals surface area contributed by atoms with E-state index >= 15 is 0 Å². The van der Waals surface area contributed by atoms with Crippen LogP contribution in [0, 0.1) is 0 Å². The Bertz CT molecular complexity index is 787. The lowest BCUT2D eigenvalue weighted by Gasteiger charge is -2.08. The molecule has 0 fully saturated rings. The van der Waals surface area contributed by atoms with Crippen LogP contribution in [-0.4, -0.2) is 9.97 Å². The van der Waals surface area contributed by atoms with Crippen molar-refractivity contribution in [3.63, 3.8) is 0 Å². The van der Waals surface area contributed by atoms with Crippen molar-refractivity contribution in [1.29, 1.82) is 0 Å². The summed E-state index contributed by atoms with van der Waals surface area (Å²) in [7, 11) is 0. The topological polar surface area (TPSA) is 63.8 Å². The SMILES string of the molecule is C=CC1=C(/C=C\C)c2ccc(Nc3nccc(N)n3)cc2C1. The molecule has 4 nitrogen and oxygen atoms in total. The Kier molecular flexibility index (Phi) is 3.74. The lowest BCUT2D eigenvalue weighted by molar-refractivity contribution is 1.17. The number of allylic oxidation sites excluding steroid dienone is 5. The Balaban J connectivity index is 1.90. The number of nitrogens with zero attached hydrogens (tertiary/aromatic N) is 2. The van der Waals surface area contributed by atoms with Gasteiger partial charge in [-0.3, -0.25) is 0 Å². The predicted molar refractivity (Wildman–Crippen MR) is 91.8 cm³/mol. The third-order valence-corrected chi connectivity index (χ3v) is 3.64. The first-order valence-electron chi connectivity index (χ1n) is 7.18. The van der Waals surface area contributed by atoms with E-state index < -0.39 is 0 Å². The van der Waals surface area contributed by atoms with Gasteiger partial charge >= 0.3 is 0 Å². The second-order valence-electron chi connectivity index (χ2n) is 5.12. The average molecular weight is 290 g/mol. The van der Waals surface area contributed by atoms with Gasteiger partial charge in [0.25, 0.3) is 0 Å². The molecule has 0 spiro atoms. The first-order valence-corrected chi connectivity index (χ1v) is 7.18. The molecule has 0 atom stereocenters. The summed E-state index contributed by atoms with van der Waals surface area (Å²) in [5.74, 6) is 0.952. The fraction of sp³-hybridized carbons (Fsp3) is 0.111. The van der Waals surface area contributed by atoms with Crippen LogP contribution in [0.2, 0.25) is 0 Å². The normalized spacial score (nSPS) is 13.5. The number of nitrogens with one attached hydrogen (secondary N) is 1. The lowest BCUT2D eigenvalue weighted by atomic mass is 10.0. The number of hydrogen-bond donors (Lipinski definition) is 2. The molecule has 22 heavy (non-hydrogen) atoms. The van der Waals surface area contributed by atoms with E-state index in [0.29, 0.717) is 11.8 Å². The Labute approximate surface area is 130 Å². The van der Waals surface area contributed by atoms with Crippen LogP contribution < -0.4 is 11.1 Å². The summed E-state index contributed by atoms with van der Waals surface area (Å²) in [4.78, 5) is 8.32. The number of nitrogen functional groups attached to an aromatic ring is 1. The van der Waals surface area contributed by atoms with E-state index in [2.05, 4.69) is 46.1 Å². The Morgan fingerprint density at radius 2 is 2.18 bits per heavy atom. The van der Waals surface area contributed by atoms with Crippen molar-refractivity contribution in [3.8, 4) is 0 Å². The fourth-order valence-electron chi connectivity index (χ4n) is 2.66. The van der Waals surface area contributed by atoms with Crippen molar-refractivity contribution in [1.82, 2.24) is 9.97 Å². The zero-order valence-corrected chi connectivity index (χ0v) is 12.5. The molecule has 1 heterocycles. The number of anilines is 3. The van der Waals surface area contributed by atoms with Crippen LogP contribution in [0.1, 0.15) is 18.1 Å². The molecule has 3 N–H and O–H groups in total. The Morgan fingerprint density at radius 1 is 1.32 bits per heavy atom. The molecule has 0 saturated heterocycles. The zero-order valence-electron chi connectivity index (χ0n) is 12.5. The second-order valence-corrected chi connectivity index (χ2v) is 5.12. The van der Waals surface area contributed by atoms with Gasteiger partial charge in [0.05, 0.1) is 0 Å². The standard InChI is InChI=1S/C18H18N4/c1-3-5-15-12(4-2)10-13-11-14(6-7-16(13)15)21-18-20-9-8-17(19)22-18/h3-9,11H,2,10H2,1H3,(H3,19,20,21,22)/b5-3-. The van der Waals surface area contributed by atoms with Gasteiger partial charge in [0.15, 0.2) is 0 Å². The number of benzene rings is 1. The van der Waals surface area contributed by atoms with Crippen molar-refractivity contribution >= 4 is 23.0 Å². The van der Waals surface area contributed by atoms with Crippen molar-refractivity contribution in [2.24, 2.45) is 0 Å². The fourth-order valence-corrected chi connectivity index (χ4v) is 2.66. The van der Waals surface area contributed by atoms with Crippen molar-refractivity contribution < 1.29 is 0 Å². The number of nitrogens with two attached hydrogens (primary N) is 1. The van der Waals surface area contributed by atoms with Crippen LogP contribution in [-0.2, 0) is 6.42 Å². The van der Waals surface area contributed by atoms with Gasteiger partial charge in [-0.1, -0.05) is 30.9 Å². The van der Waals surface area contributed by atoms with Crippen molar-refractivity contribution in [2.45, 2.75) is 13.3 Å². The monoisotopic (exact) mass is 290 g/mol. The van der Waals surface area contributed by atoms with Gasteiger partial charge in [0.2, 0.25) is 5.95 Å². The molecule has 0 radical (unpaired) electrons. The summed E-state index contributed by atoms with van der Waals surface area (Å²) in [5.41, 5.74) is 11.7. The van der Waals surface area contributed by atoms with Gasteiger partial charge in [-0.15, -0.1) is 0 Å². The summed E-state index contributed by atoms with van der Waals surface area (Å²) in [6, 6.07) is 7.94. The molecule has 1 aromatic carbocycles. The highest BCUT2D eigenvalue weighted by Crippen LogP contribution is 2.36. The van der Waals surface area contributed by atoms with Crippen LogP contribution >= 0.6 is 0 Å².